The van der Waals surface area contributed by atoms with E-state index in [-0.39, 0.29) is 0 Å². The molecule has 1 nitrogen and oxygen atoms in total. The number of rotatable bonds is 3. The van der Waals surface area contributed by atoms with Crippen molar-refractivity contribution in [1.82, 2.24) is 5.32 Å². The third-order valence-electron chi connectivity index (χ3n) is 3.53. The third-order valence-corrected chi connectivity index (χ3v) is 4.02. The van der Waals surface area contributed by atoms with Crippen LogP contribution >= 0.6 is 15.9 Å². The summed E-state index contributed by atoms with van der Waals surface area (Å²) in [6, 6.07) is 6.96. The molecule has 1 aliphatic rings. The zero-order valence-corrected chi connectivity index (χ0v) is 12.2. The van der Waals surface area contributed by atoms with Gasteiger partial charge in [-0.25, -0.2) is 0 Å². The maximum atomic E-state index is 3.53. The molecule has 0 radical (unpaired) electrons. The molecule has 0 spiro atoms. The lowest BCUT2D eigenvalue weighted by atomic mass is 9.88. The van der Waals surface area contributed by atoms with E-state index in [0.717, 1.165) is 4.47 Å². The Morgan fingerprint density at radius 1 is 1.29 bits per heavy atom. The molecule has 1 aromatic carbocycles. The van der Waals surface area contributed by atoms with Gasteiger partial charge in [-0.05, 0) is 62.9 Å². The van der Waals surface area contributed by atoms with Gasteiger partial charge < -0.3 is 5.32 Å². The topological polar surface area (TPSA) is 12.0 Å². The summed E-state index contributed by atoms with van der Waals surface area (Å²) in [5, 5.41) is 3.46. The van der Waals surface area contributed by atoms with Crippen molar-refractivity contribution in [2.45, 2.75) is 38.6 Å². The van der Waals surface area contributed by atoms with E-state index in [1.807, 2.05) is 0 Å². The van der Waals surface area contributed by atoms with Crippen molar-refractivity contribution in [1.29, 1.82) is 0 Å². The van der Waals surface area contributed by atoms with Crippen LogP contribution in [-0.4, -0.2) is 7.05 Å². The average molecular weight is 294 g/mol. The van der Waals surface area contributed by atoms with E-state index < -0.39 is 0 Å². The highest BCUT2D eigenvalue weighted by molar-refractivity contribution is 9.10. The first-order valence-electron chi connectivity index (χ1n) is 6.34. The fraction of sp³-hybridized carbons (Fsp3) is 0.467. The van der Waals surface area contributed by atoms with Gasteiger partial charge in [0.25, 0.3) is 0 Å². The van der Waals surface area contributed by atoms with Gasteiger partial charge in [-0.1, -0.05) is 33.6 Å². The molecule has 1 aromatic rings. The highest BCUT2D eigenvalue weighted by atomic mass is 79.9. The SMILES string of the molecule is CNC(C1=CCCCC1)c1ccc(Br)cc1C. The highest BCUT2D eigenvalue weighted by Gasteiger charge is 2.17. The Morgan fingerprint density at radius 2 is 2.12 bits per heavy atom. The van der Waals surface area contributed by atoms with Gasteiger partial charge in [-0.3, -0.25) is 0 Å². The first-order valence-corrected chi connectivity index (χ1v) is 7.14. The van der Waals surface area contributed by atoms with E-state index in [4.69, 9.17) is 0 Å². The Balaban J connectivity index is 2.31. The molecule has 0 bridgehead atoms. The first-order chi connectivity index (χ1) is 8.22. The molecule has 0 saturated heterocycles. The van der Waals surface area contributed by atoms with Gasteiger partial charge in [0.15, 0.2) is 0 Å². The number of nitrogens with one attached hydrogen (secondary N) is 1. The van der Waals surface area contributed by atoms with Crippen LogP contribution in [0.25, 0.3) is 0 Å². The van der Waals surface area contributed by atoms with E-state index in [0.29, 0.717) is 6.04 Å². The van der Waals surface area contributed by atoms with Gasteiger partial charge in [0.2, 0.25) is 0 Å². The Morgan fingerprint density at radius 3 is 2.71 bits per heavy atom. The molecule has 1 N–H and O–H groups in total. The quantitative estimate of drug-likeness (QED) is 0.808. The summed E-state index contributed by atoms with van der Waals surface area (Å²) in [6.45, 7) is 2.19. The summed E-state index contributed by atoms with van der Waals surface area (Å²) in [4.78, 5) is 0. The molecule has 1 aliphatic carbocycles. The third kappa shape index (κ3) is 2.99. The van der Waals surface area contributed by atoms with Crippen LogP contribution < -0.4 is 5.32 Å². The fourth-order valence-electron chi connectivity index (χ4n) is 2.63. The molecule has 0 aromatic heterocycles. The number of hydrogen-bond acceptors (Lipinski definition) is 1. The average Bonchev–Trinajstić information content (AvgIpc) is 2.34. The minimum atomic E-state index is 0.392. The fourth-order valence-corrected chi connectivity index (χ4v) is 3.10. The Labute approximate surface area is 112 Å². The van der Waals surface area contributed by atoms with E-state index in [1.54, 1.807) is 5.57 Å². The number of hydrogen-bond donors (Lipinski definition) is 1. The second-order valence-electron chi connectivity index (χ2n) is 4.75. The monoisotopic (exact) mass is 293 g/mol. The van der Waals surface area contributed by atoms with Crippen LogP contribution in [0, 0.1) is 6.92 Å². The predicted molar refractivity (Wildman–Crippen MR) is 77.2 cm³/mol. The van der Waals surface area contributed by atoms with Crippen LogP contribution in [0.3, 0.4) is 0 Å². The normalized spacial score (nSPS) is 17.7. The van der Waals surface area contributed by atoms with Crippen LogP contribution in [-0.2, 0) is 0 Å². The molecular formula is C15H20BrN. The van der Waals surface area contributed by atoms with Crippen LogP contribution in [0.2, 0.25) is 0 Å². The van der Waals surface area contributed by atoms with Gasteiger partial charge in [0.1, 0.15) is 0 Å². The van der Waals surface area contributed by atoms with Crippen LogP contribution in [0.4, 0.5) is 0 Å². The lowest BCUT2D eigenvalue weighted by Gasteiger charge is -2.25. The second-order valence-corrected chi connectivity index (χ2v) is 5.66. The van der Waals surface area contributed by atoms with Crippen molar-refractivity contribution in [2.75, 3.05) is 7.05 Å². The summed E-state index contributed by atoms with van der Waals surface area (Å²) >= 11 is 3.53. The number of likely N-dealkylation sites (N-methyl/N-ethyl adjacent to an activating group) is 1. The van der Waals surface area contributed by atoms with E-state index >= 15 is 0 Å². The number of aryl methyl sites for hydroxylation is 1. The molecule has 17 heavy (non-hydrogen) atoms. The summed E-state index contributed by atoms with van der Waals surface area (Å²) in [7, 11) is 2.06. The van der Waals surface area contributed by atoms with Gasteiger partial charge in [0, 0.05) is 4.47 Å². The maximum Gasteiger partial charge on any atom is 0.0536 e. The Hall–Kier alpha value is -0.600. The smallest absolute Gasteiger partial charge is 0.0536 e. The van der Waals surface area contributed by atoms with E-state index in [1.165, 1.54) is 36.8 Å². The van der Waals surface area contributed by atoms with Gasteiger partial charge in [0.05, 0.1) is 6.04 Å². The summed E-state index contributed by atoms with van der Waals surface area (Å²) in [6.07, 6.45) is 7.58. The van der Waals surface area contributed by atoms with E-state index in [2.05, 4.69) is 59.5 Å². The predicted octanol–water partition coefficient (Wildman–Crippen LogP) is 4.52. The minimum Gasteiger partial charge on any atom is -0.310 e. The lowest BCUT2D eigenvalue weighted by Crippen LogP contribution is -2.20. The standard InChI is InChI=1S/C15H20BrN/c1-11-10-13(16)8-9-14(11)15(17-2)12-6-4-3-5-7-12/h6,8-10,15,17H,3-5,7H2,1-2H3. The summed E-state index contributed by atoms with van der Waals surface area (Å²) in [5.74, 6) is 0. The zero-order chi connectivity index (χ0) is 12.3. The summed E-state index contributed by atoms with van der Waals surface area (Å²) < 4.78 is 1.16. The highest BCUT2D eigenvalue weighted by Crippen LogP contribution is 2.32. The van der Waals surface area contributed by atoms with Crippen molar-refractivity contribution in [3.63, 3.8) is 0 Å². The number of benzene rings is 1. The maximum absolute atomic E-state index is 3.53. The first kappa shape index (κ1) is 12.8. The minimum absolute atomic E-state index is 0.392. The molecule has 1 unspecified atom stereocenters. The Bertz CT molecular complexity index is 423. The molecule has 0 saturated carbocycles. The Kier molecular flexibility index (Phi) is 4.41. The number of halogens is 1. The molecule has 0 aliphatic heterocycles. The molecule has 0 amide bonds. The number of allylic oxidation sites excluding steroid dienone is 1. The van der Waals surface area contributed by atoms with Crippen LogP contribution in [0.15, 0.2) is 34.3 Å². The molecule has 1 atom stereocenters. The van der Waals surface area contributed by atoms with Gasteiger partial charge in [-0.2, -0.15) is 0 Å². The molecule has 0 fully saturated rings. The van der Waals surface area contributed by atoms with Crippen molar-refractivity contribution in [3.8, 4) is 0 Å². The molecule has 2 rings (SSSR count). The van der Waals surface area contributed by atoms with Crippen LogP contribution in [0.5, 0.6) is 0 Å². The van der Waals surface area contributed by atoms with Crippen molar-refractivity contribution in [3.05, 3.63) is 45.4 Å². The summed E-state index contributed by atoms with van der Waals surface area (Å²) in [5.41, 5.74) is 4.32. The van der Waals surface area contributed by atoms with Crippen molar-refractivity contribution < 1.29 is 0 Å². The van der Waals surface area contributed by atoms with Crippen molar-refractivity contribution >= 4 is 15.9 Å². The van der Waals surface area contributed by atoms with Crippen molar-refractivity contribution in [2.24, 2.45) is 0 Å². The van der Waals surface area contributed by atoms with Gasteiger partial charge >= 0.3 is 0 Å². The molecule has 92 valence electrons. The van der Waals surface area contributed by atoms with Gasteiger partial charge in [-0.15, -0.1) is 0 Å². The molecule has 0 heterocycles. The van der Waals surface area contributed by atoms with Crippen LogP contribution in [0.1, 0.15) is 42.9 Å². The zero-order valence-electron chi connectivity index (χ0n) is 10.6. The second kappa shape index (κ2) is 5.83. The molecule has 2 heteroatoms. The lowest BCUT2D eigenvalue weighted by molar-refractivity contribution is 0.591. The molecular weight excluding hydrogens is 274 g/mol. The largest absolute Gasteiger partial charge is 0.310 e. The van der Waals surface area contributed by atoms with E-state index in [9.17, 15) is 0 Å².